The quantitative estimate of drug-likeness (QED) is 0.849. The van der Waals surface area contributed by atoms with Crippen LogP contribution in [0, 0.1) is 5.82 Å². The molecular weight excluding hydrogens is 377 g/mol. The number of nitrogens with one attached hydrogen (secondary N) is 1. The first-order valence-electron chi connectivity index (χ1n) is 7.65. The molecule has 3 rings (SSSR count). The highest BCUT2D eigenvalue weighted by atomic mass is 79.9. The lowest BCUT2D eigenvalue weighted by Crippen LogP contribution is -2.27. The Morgan fingerprint density at radius 1 is 1.21 bits per heavy atom. The molecule has 24 heavy (non-hydrogen) atoms. The average molecular weight is 394 g/mol. The van der Waals surface area contributed by atoms with E-state index in [2.05, 4.69) is 21.2 Å². The summed E-state index contributed by atoms with van der Waals surface area (Å²) in [5.74, 6) is -0.636. The van der Waals surface area contributed by atoms with Crippen LogP contribution in [0.5, 0.6) is 0 Å². The Morgan fingerprint density at radius 2 is 1.92 bits per heavy atom. The van der Waals surface area contributed by atoms with Crippen LogP contribution in [0.25, 0.3) is 0 Å². The highest BCUT2D eigenvalue weighted by Crippen LogP contribution is 2.32. The summed E-state index contributed by atoms with van der Waals surface area (Å²) >= 11 is 3.46. The van der Waals surface area contributed by atoms with E-state index in [0.29, 0.717) is 28.8 Å². The number of halogens is 2. The molecule has 1 fully saturated rings. The second-order valence-corrected chi connectivity index (χ2v) is 6.29. The Hall–Kier alpha value is -1.76. The van der Waals surface area contributed by atoms with Gasteiger partial charge in [-0.15, -0.1) is 0 Å². The van der Waals surface area contributed by atoms with Crippen molar-refractivity contribution in [1.29, 1.82) is 0 Å². The van der Waals surface area contributed by atoms with Gasteiger partial charge in [0.05, 0.1) is 24.8 Å². The second-order valence-electron chi connectivity index (χ2n) is 5.50. The van der Waals surface area contributed by atoms with Crippen molar-refractivity contribution in [3.63, 3.8) is 0 Å². The lowest BCUT2D eigenvalue weighted by Gasteiger charge is -2.17. The van der Waals surface area contributed by atoms with Gasteiger partial charge in [-0.3, -0.25) is 4.79 Å². The number of carbonyl (C=O) groups excluding carboxylic acids is 1. The molecule has 126 valence electrons. The molecule has 1 aliphatic rings. The van der Waals surface area contributed by atoms with Crippen molar-refractivity contribution >= 4 is 21.8 Å². The number of benzene rings is 2. The first kappa shape index (κ1) is 17.1. The minimum atomic E-state index is -0.476. The summed E-state index contributed by atoms with van der Waals surface area (Å²) in [5, 5.41) is 2.82. The van der Waals surface area contributed by atoms with E-state index in [-0.39, 0.29) is 11.7 Å². The largest absolute Gasteiger partial charge is 0.346 e. The minimum absolute atomic E-state index is 0.294. The summed E-state index contributed by atoms with van der Waals surface area (Å²) in [6.45, 7) is 2.80. The molecule has 4 nitrogen and oxygen atoms in total. The van der Waals surface area contributed by atoms with E-state index < -0.39 is 12.3 Å². The average Bonchev–Trinajstić information content (AvgIpc) is 3.09. The van der Waals surface area contributed by atoms with Gasteiger partial charge in [0.25, 0.3) is 5.91 Å². The Labute approximate surface area is 148 Å². The zero-order valence-corrected chi connectivity index (χ0v) is 14.7. The summed E-state index contributed by atoms with van der Waals surface area (Å²) in [6.07, 6.45) is -0.476. The van der Waals surface area contributed by atoms with Crippen LogP contribution in [-0.4, -0.2) is 19.1 Å². The van der Waals surface area contributed by atoms with Crippen molar-refractivity contribution in [3.05, 3.63) is 69.4 Å². The third-order valence-corrected chi connectivity index (χ3v) is 4.75. The van der Waals surface area contributed by atoms with Crippen LogP contribution in [0.15, 0.2) is 46.9 Å². The molecule has 2 aromatic rings. The third-order valence-electron chi connectivity index (χ3n) is 3.87. The number of carbonyl (C=O) groups is 1. The Morgan fingerprint density at radius 3 is 2.62 bits per heavy atom. The maximum atomic E-state index is 13.8. The SMILES string of the molecule is CC(NC(=O)c1cccc(C2OCCO2)c1Br)c1ccccc1F. The smallest absolute Gasteiger partial charge is 0.252 e. The van der Waals surface area contributed by atoms with Crippen LogP contribution in [0.4, 0.5) is 4.39 Å². The van der Waals surface area contributed by atoms with Gasteiger partial charge in [0, 0.05) is 15.6 Å². The highest BCUT2D eigenvalue weighted by molar-refractivity contribution is 9.10. The number of hydrogen-bond acceptors (Lipinski definition) is 3. The van der Waals surface area contributed by atoms with Crippen molar-refractivity contribution in [3.8, 4) is 0 Å². The standard InChI is InChI=1S/C18H17BrFNO3/c1-11(12-5-2-3-8-15(12)20)21-17(22)13-6-4-7-14(16(13)19)18-23-9-10-24-18/h2-8,11,18H,9-10H2,1H3,(H,21,22). The van der Waals surface area contributed by atoms with Gasteiger partial charge in [-0.1, -0.05) is 30.3 Å². The maximum absolute atomic E-state index is 13.8. The molecule has 1 aliphatic heterocycles. The fourth-order valence-corrected chi connectivity index (χ4v) is 3.25. The van der Waals surface area contributed by atoms with Gasteiger partial charge in [-0.25, -0.2) is 4.39 Å². The van der Waals surface area contributed by atoms with Crippen molar-refractivity contribution in [1.82, 2.24) is 5.32 Å². The number of amides is 1. The number of hydrogen-bond donors (Lipinski definition) is 1. The van der Waals surface area contributed by atoms with Gasteiger partial charge in [0.15, 0.2) is 6.29 Å². The summed E-state index contributed by atoms with van der Waals surface area (Å²) in [4.78, 5) is 12.6. The molecule has 0 bridgehead atoms. The Bertz CT molecular complexity index is 747. The monoisotopic (exact) mass is 393 g/mol. The summed E-state index contributed by atoms with van der Waals surface area (Å²) < 4.78 is 25.4. The third kappa shape index (κ3) is 3.50. The van der Waals surface area contributed by atoms with Crippen molar-refractivity contribution in [2.24, 2.45) is 0 Å². The molecule has 1 atom stereocenters. The molecule has 1 amide bonds. The van der Waals surface area contributed by atoms with Gasteiger partial charge in [0.1, 0.15) is 5.82 Å². The molecule has 1 unspecified atom stereocenters. The topological polar surface area (TPSA) is 47.6 Å². The van der Waals surface area contributed by atoms with Gasteiger partial charge in [-0.05, 0) is 35.0 Å². The van der Waals surface area contributed by atoms with Gasteiger partial charge in [-0.2, -0.15) is 0 Å². The van der Waals surface area contributed by atoms with E-state index in [0.717, 1.165) is 5.56 Å². The van der Waals surface area contributed by atoms with Crippen LogP contribution < -0.4 is 5.32 Å². The van der Waals surface area contributed by atoms with E-state index >= 15 is 0 Å². The zero-order valence-electron chi connectivity index (χ0n) is 13.1. The van der Waals surface area contributed by atoms with Crippen molar-refractivity contribution in [2.45, 2.75) is 19.3 Å². The maximum Gasteiger partial charge on any atom is 0.252 e. The van der Waals surface area contributed by atoms with E-state index in [1.165, 1.54) is 6.07 Å². The zero-order chi connectivity index (χ0) is 17.1. The van der Waals surface area contributed by atoms with E-state index in [9.17, 15) is 9.18 Å². The molecule has 0 radical (unpaired) electrons. The molecule has 1 heterocycles. The van der Waals surface area contributed by atoms with Crippen molar-refractivity contribution in [2.75, 3.05) is 13.2 Å². The molecular formula is C18H17BrFNO3. The summed E-state index contributed by atoms with van der Waals surface area (Å²) in [6, 6.07) is 11.3. The first-order chi connectivity index (χ1) is 11.6. The normalized spacial score (nSPS) is 16.1. The molecule has 6 heteroatoms. The van der Waals surface area contributed by atoms with E-state index in [1.807, 2.05) is 6.07 Å². The molecule has 2 aromatic carbocycles. The molecule has 0 aromatic heterocycles. The van der Waals surface area contributed by atoms with E-state index in [1.54, 1.807) is 37.3 Å². The molecule has 1 saturated heterocycles. The lowest BCUT2D eigenvalue weighted by molar-refractivity contribution is -0.0446. The lowest BCUT2D eigenvalue weighted by atomic mass is 10.1. The second kappa shape index (κ2) is 7.42. The molecule has 0 saturated carbocycles. The minimum Gasteiger partial charge on any atom is -0.346 e. The van der Waals surface area contributed by atoms with Gasteiger partial charge < -0.3 is 14.8 Å². The fourth-order valence-electron chi connectivity index (χ4n) is 2.62. The summed E-state index contributed by atoms with van der Waals surface area (Å²) in [7, 11) is 0. The van der Waals surface area contributed by atoms with Crippen LogP contribution in [0.1, 0.15) is 40.7 Å². The fraction of sp³-hybridized carbons (Fsp3) is 0.278. The first-order valence-corrected chi connectivity index (χ1v) is 8.44. The van der Waals surface area contributed by atoms with Crippen molar-refractivity contribution < 1.29 is 18.7 Å². The number of rotatable bonds is 4. The molecule has 0 spiro atoms. The highest BCUT2D eigenvalue weighted by Gasteiger charge is 2.24. The number of ether oxygens (including phenoxy) is 2. The van der Waals surface area contributed by atoms with Crippen LogP contribution in [0.2, 0.25) is 0 Å². The Balaban J connectivity index is 1.80. The summed E-state index contributed by atoms with van der Waals surface area (Å²) in [5.41, 5.74) is 1.66. The van der Waals surface area contributed by atoms with Gasteiger partial charge in [0.2, 0.25) is 0 Å². The van der Waals surface area contributed by atoms with Crippen LogP contribution >= 0.6 is 15.9 Å². The predicted octanol–water partition coefficient (Wildman–Crippen LogP) is 4.12. The van der Waals surface area contributed by atoms with Crippen LogP contribution in [-0.2, 0) is 9.47 Å². The predicted molar refractivity (Wildman–Crippen MR) is 91.1 cm³/mol. The Kier molecular flexibility index (Phi) is 5.28. The van der Waals surface area contributed by atoms with Crippen LogP contribution in [0.3, 0.4) is 0 Å². The van der Waals surface area contributed by atoms with E-state index in [4.69, 9.17) is 9.47 Å². The molecule has 1 N–H and O–H groups in total. The molecule has 0 aliphatic carbocycles. The van der Waals surface area contributed by atoms with Gasteiger partial charge >= 0.3 is 0 Å².